The third-order valence-corrected chi connectivity index (χ3v) is 4.59. The van der Waals surface area contributed by atoms with E-state index in [0.717, 1.165) is 11.1 Å². The van der Waals surface area contributed by atoms with Gasteiger partial charge in [-0.2, -0.15) is 11.3 Å². The van der Waals surface area contributed by atoms with Gasteiger partial charge in [-0.1, -0.05) is 35.9 Å². The van der Waals surface area contributed by atoms with Gasteiger partial charge in [0.25, 0.3) is 0 Å². The summed E-state index contributed by atoms with van der Waals surface area (Å²) in [6.45, 7) is 0. The summed E-state index contributed by atoms with van der Waals surface area (Å²) in [5, 5.41) is 7.64. The third kappa shape index (κ3) is 4.22. The Balaban J connectivity index is 1.79. The zero-order valence-electron chi connectivity index (χ0n) is 12.7. The smallest absolute Gasteiger partial charge is 0.225 e. The van der Waals surface area contributed by atoms with Crippen molar-refractivity contribution in [3.05, 3.63) is 92.9 Å². The van der Waals surface area contributed by atoms with Gasteiger partial charge >= 0.3 is 0 Å². The zero-order chi connectivity index (χ0) is 16.9. The molecule has 24 heavy (non-hydrogen) atoms. The quantitative estimate of drug-likeness (QED) is 0.683. The summed E-state index contributed by atoms with van der Waals surface area (Å²) in [6.07, 6.45) is 0.131. The normalized spacial score (nSPS) is 11.9. The summed E-state index contributed by atoms with van der Waals surface area (Å²) < 4.78 is 13.3. The van der Waals surface area contributed by atoms with Crippen LogP contribution in [0.2, 0.25) is 5.02 Å². The van der Waals surface area contributed by atoms with Gasteiger partial charge in [-0.3, -0.25) is 4.79 Å². The molecule has 1 heterocycles. The largest absolute Gasteiger partial charge is 0.345 e. The van der Waals surface area contributed by atoms with Crippen LogP contribution in [0.1, 0.15) is 22.7 Å². The lowest BCUT2D eigenvalue weighted by Crippen LogP contribution is -2.30. The molecule has 0 aliphatic heterocycles. The van der Waals surface area contributed by atoms with Crippen LogP contribution in [0.15, 0.2) is 65.4 Å². The maximum absolute atomic E-state index is 13.3. The lowest BCUT2D eigenvalue weighted by Gasteiger charge is -2.19. The topological polar surface area (TPSA) is 29.1 Å². The molecule has 1 atom stereocenters. The molecule has 2 nitrogen and oxygen atoms in total. The van der Waals surface area contributed by atoms with Gasteiger partial charge in [-0.05, 0) is 57.8 Å². The third-order valence-electron chi connectivity index (χ3n) is 3.64. The van der Waals surface area contributed by atoms with Gasteiger partial charge in [0.1, 0.15) is 5.82 Å². The molecule has 0 spiro atoms. The number of nitrogens with one attached hydrogen (secondary N) is 1. The standard InChI is InChI=1S/C19H15ClFNOS/c20-16-6-4-14(5-7-16)19(15-8-9-24-12-15)22-18(23)11-13-2-1-3-17(21)10-13/h1-10,12,19H,11H2,(H,22,23). The molecule has 2 aromatic carbocycles. The highest BCUT2D eigenvalue weighted by Gasteiger charge is 2.17. The molecule has 1 amide bonds. The number of benzene rings is 2. The molecule has 1 N–H and O–H groups in total. The van der Waals surface area contributed by atoms with Crippen molar-refractivity contribution in [3.63, 3.8) is 0 Å². The highest BCUT2D eigenvalue weighted by atomic mass is 35.5. The number of rotatable bonds is 5. The monoisotopic (exact) mass is 359 g/mol. The van der Waals surface area contributed by atoms with Gasteiger partial charge in [0, 0.05) is 5.02 Å². The van der Waals surface area contributed by atoms with Gasteiger partial charge in [-0.25, -0.2) is 4.39 Å². The molecule has 5 heteroatoms. The first kappa shape index (κ1) is 16.7. The van der Waals surface area contributed by atoms with E-state index in [9.17, 15) is 9.18 Å². The molecule has 0 aliphatic carbocycles. The van der Waals surface area contributed by atoms with Gasteiger partial charge < -0.3 is 5.32 Å². The first-order valence-corrected chi connectivity index (χ1v) is 8.75. The van der Waals surface area contributed by atoms with Crippen LogP contribution < -0.4 is 5.32 Å². The molecule has 0 fully saturated rings. The number of carbonyl (C=O) groups excluding carboxylic acids is 1. The summed E-state index contributed by atoms with van der Waals surface area (Å²) in [7, 11) is 0. The number of hydrogen-bond donors (Lipinski definition) is 1. The molecule has 3 aromatic rings. The van der Waals surface area contributed by atoms with E-state index in [4.69, 9.17) is 11.6 Å². The van der Waals surface area contributed by atoms with E-state index >= 15 is 0 Å². The minimum absolute atomic E-state index is 0.131. The average molecular weight is 360 g/mol. The Morgan fingerprint density at radius 2 is 1.92 bits per heavy atom. The predicted octanol–water partition coefficient (Wildman–Crippen LogP) is 4.99. The number of thiophene rings is 1. The van der Waals surface area contributed by atoms with Crippen LogP contribution in [0, 0.1) is 5.82 Å². The molecule has 1 aromatic heterocycles. The lowest BCUT2D eigenvalue weighted by atomic mass is 10.0. The van der Waals surface area contributed by atoms with Crippen LogP contribution in [-0.4, -0.2) is 5.91 Å². The molecular formula is C19H15ClFNOS. The predicted molar refractivity (Wildman–Crippen MR) is 95.9 cm³/mol. The minimum atomic E-state index is -0.340. The second-order valence-corrected chi connectivity index (χ2v) is 6.63. The fourth-order valence-electron chi connectivity index (χ4n) is 2.50. The molecule has 3 rings (SSSR count). The Bertz CT molecular complexity index is 818. The first-order valence-electron chi connectivity index (χ1n) is 7.43. The Labute approximate surface area is 148 Å². The Hall–Kier alpha value is -2.17. The van der Waals surface area contributed by atoms with Crippen molar-refractivity contribution in [2.24, 2.45) is 0 Å². The summed E-state index contributed by atoms with van der Waals surface area (Å²) in [6, 6.07) is 15.2. The van der Waals surface area contributed by atoms with E-state index in [1.165, 1.54) is 12.1 Å². The molecule has 0 saturated carbocycles. The molecule has 0 aliphatic rings. The molecule has 1 unspecified atom stereocenters. The fourth-order valence-corrected chi connectivity index (χ4v) is 3.31. The summed E-state index contributed by atoms with van der Waals surface area (Å²) in [4.78, 5) is 12.4. The average Bonchev–Trinajstić information content (AvgIpc) is 3.08. The zero-order valence-corrected chi connectivity index (χ0v) is 14.3. The van der Waals surface area contributed by atoms with Crippen molar-refractivity contribution in [3.8, 4) is 0 Å². The molecular weight excluding hydrogens is 345 g/mol. The Morgan fingerprint density at radius 1 is 1.12 bits per heavy atom. The summed E-state index contributed by atoms with van der Waals surface area (Å²) in [5.74, 6) is -0.501. The number of hydrogen-bond acceptors (Lipinski definition) is 2. The van der Waals surface area contributed by atoms with Crippen LogP contribution in [0.3, 0.4) is 0 Å². The number of amides is 1. The first-order chi connectivity index (χ1) is 11.6. The van der Waals surface area contributed by atoms with Crippen molar-refractivity contribution in [1.29, 1.82) is 0 Å². The molecule has 0 bridgehead atoms. The molecule has 122 valence electrons. The van der Waals surface area contributed by atoms with E-state index in [1.807, 2.05) is 29.0 Å². The fraction of sp³-hybridized carbons (Fsp3) is 0.105. The Morgan fingerprint density at radius 3 is 2.58 bits per heavy atom. The van der Waals surface area contributed by atoms with Gasteiger partial charge in [0.05, 0.1) is 12.5 Å². The second kappa shape index (κ2) is 7.60. The highest BCUT2D eigenvalue weighted by molar-refractivity contribution is 7.08. The van der Waals surface area contributed by atoms with Crippen LogP contribution in [0.5, 0.6) is 0 Å². The van der Waals surface area contributed by atoms with Gasteiger partial charge in [0.2, 0.25) is 5.91 Å². The maximum Gasteiger partial charge on any atom is 0.225 e. The van der Waals surface area contributed by atoms with E-state index in [2.05, 4.69) is 5.32 Å². The van der Waals surface area contributed by atoms with Gasteiger partial charge in [0.15, 0.2) is 0 Å². The van der Waals surface area contributed by atoms with Crippen molar-refractivity contribution in [2.75, 3.05) is 0 Å². The highest BCUT2D eigenvalue weighted by Crippen LogP contribution is 2.25. The van der Waals surface area contributed by atoms with Gasteiger partial charge in [-0.15, -0.1) is 0 Å². The van der Waals surface area contributed by atoms with Crippen LogP contribution in [0.25, 0.3) is 0 Å². The van der Waals surface area contributed by atoms with Crippen LogP contribution in [0.4, 0.5) is 4.39 Å². The van der Waals surface area contributed by atoms with Crippen molar-refractivity contribution in [2.45, 2.75) is 12.5 Å². The Kier molecular flexibility index (Phi) is 5.28. The summed E-state index contributed by atoms with van der Waals surface area (Å²) in [5.41, 5.74) is 2.60. The van der Waals surface area contributed by atoms with E-state index in [0.29, 0.717) is 10.6 Å². The second-order valence-electron chi connectivity index (χ2n) is 5.42. The lowest BCUT2D eigenvalue weighted by molar-refractivity contribution is -0.120. The van der Waals surface area contributed by atoms with Crippen LogP contribution >= 0.6 is 22.9 Å². The minimum Gasteiger partial charge on any atom is -0.345 e. The number of halogens is 2. The van der Waals surface area contributed by atoms with E-state index in [1.54, 1.807) is 35.6 Å². The maximum atomic E-state index is 13.3. The SMILES string of the molecule is O=C(Cc1cccc(F)c1)NC(c1ccc(Cl)cc1)c1ccsc1. The van der Waals surface area contributed by atoms with Crippen LogP contribution in [-0.2, 0) is 11.2 Å². The van der Waals surface area contributed by atoms with E-state index in [-0.39, 0.29) is 24.2 Å². The number of carbonyl (C=O) groups is 1. The van der Waals surface area contributed by atoms with E-state index < -0.39 is 0 Å². The molecule has 0 saturated heterocycles. The van der Waals surface area contributed by atoms with Crippen molar-refractivity contribution >= 4 is 28.8 Å². The van der Waals surface area contributed by atoms with Crippen molar-refractivity contribution in [1.82, 2.24) is 5.32 Å². The van der Waals surface area contributed by atoms with Crippen molar-refractivity contribution < 1.29 is 9.18 Å². The summed E-state index contributed by atoms with van der Waals surface area (Å²) >= 11 is 7.52. The molecule has 0 radical (unpaired) electrons.